The topological polar surface area (TPSA) is 77.6 Å². The molecular weight excluding hydrogens is 458 g/mol. The molecule has 0 atom stereocenters. The van der Waals surface area contributed by atoms with Crippen LogP contribution in [0.25, 0.3) is 10.2 Å². The van der Waals surface area contributed by atoms with Crippen molar-refractivity contribution < 1.29 is 9.59 Å². The normalized spacial score (nSPS) is 17.3. The van der Waals surface area contributed by atoms with Gasteiger partial charge in [-0.1, -0.05) is 41.7 Å². The standard InChI is InChI=1S/C27H33N5O2S/c33-25-8-4-14-32(25)15-5-13-28-27-30-23-10-9-21(18-24(23)35-27)26(34)29-22-11-16-31(17-12-22)19-20-6-2-1-3-7-20/h1-3,6-7,9-10,18,22H,4-5,8,11-17,19H2,(H,28,30)(H,29,34). The van der Waals surface area contributed by atoms with E-state index >= 15 is 0 Å². The van der Waals surface area contributed by atoms with E-state index in [2.05, 4.69) is 44.8 Å². The van der Waals surface area contributed by atoms with E-state index < -0.39 is 0 Å². The lowest BCUT2D eigenvalue weighted by atomic mass is 10.0. The quantitative estimate of drug-likeness (QED) is 0.441. The van der Waals surface area contributed by atoms with Crippen molar-refractivity contribution in [1.29, 1.82) is 0 Å². The Morgan fingerprint density at radius 2 is 1.91 bits per heavy atom. The number of piperidine rings is 1. The third kappa shape index (κ3) is 6.18. The zero-order valence-electron chi connectivity index (χ0n) is 20.0. The monoisotopic (exact) mass is 491 g/mol. The van der Waals surface area contributed by atoms with Crippen molar-refractivity contribution in [2.24, 2.45) is 0 Å². The molecule has 0 saturated carbocycles. The van der Waals surface area contributed by atoms with E-state index in [-0.39, 0.29) is 17.9 Å². The molecule has 1 aromatic heterocycles. The molecule has 5 rings (SSSR count). The largest absolute Gasteiger partial charge is 0.361 e. The number of carbonyl (C=O) groups is 2. The fraction of sp³-hybridized carbons (Fsp3) is 0.444. The van der Waals surface area contributed by atoms with Crippen LogP contribution in [0.4, 0.5) is 5.13 Å². The minimum Gasteiger partial charge on any atom is -0.361 e. The highest BCUT2D eigenvalue weighted by molar-refractivity contribution is 7.22. The van der Waals surface area contributed by atoms with E-state index in [0.29, 0.717) is 12.0 Å². The second kappa shape index (κ2) is 11.2. The molecule has 0 aliphatic carbocycles. The van der Waals surface area contributed by atoms with Gasteiger partial charge in [-0.15, -0.1) is 0 Å². The van der Waals surface area contributed by atoms with Crippen LogP contribution >= 0.6 is 11.3 Å². The van der Waals surface area contributed by atoms with Crippen molar-refractivity contribution in [3.8, 4) is 0 Å². The van der Waals surface area contributed by atoms with E-state index in [0.717, 1.165) is 80.3 Å². The van der Waals surface area contributed by atoms with Crippen molar-refractivity contribution in [2.45, 2.75) is 44.7 Å². The fourth-order valence-corrected chi connectivity index (χ4v) is 5.82. The van der Waals surface area contributed by atoms with Crippen molar-refractivity contribution in [3.05, 3.63) is 59.7 Å². The number of amides is 2. The summed E-state index contributed by atoms with van der Waals surface area (Å²) in [5.41, 5.74) is 2.92. The number of carbonyl (C=O) groups excluding carboxylic acids is 2. The zero-order chi connectivity index (χ0) is 24.0. The van der Waals surface area contributed by atoms with Gasteiger partial charge in [-0.05, 0) is 49.4 Å². The first kappa shape index (κ1) is 23.8. The summed E-state index contributed by atoms with van der Waals surface area (Å²) in [6.45, 7) is 5.42. The summed E-state index contributed by atoms with van der Waals surface area (Å²) in [4.78, 5) is 33.7. The number of nitrogens with zero attached hydrogens (tertiary/aromatic N) is 3. The first-order chi connectivity index (χ1) is 17.1. The molecule has 2 N–H and O–H groups in total. The number of rotatable bonds is 9. The molecule has 184 valence electrons. The maximum absolute atomic E-state index is 12.9. The summed E-state index contributed by atoms with van der Waals surface area (Å²) in [6, 6.07) is 16.5. The molecule has 7 nitrogen and oxygen atoms in total. The van der Waals surface area contributed by atoms with Crippen molar-refractivity contribution in [3.63, 3.8) is 0 Å². The summed E-state index contributed by atoms with van der Waals surface area (Å²) in [7, 11) is 0. The van der Waals surface area contributed by atoms with Crippen LogP contribution in [0, 0.1) is 0 Å². The number of hydrogen-bond acceptors (Lipinski definition) is 6. The van der Waals surface area contributed by atoms with Crippen LogP contribution in [0.2, 0.25) is 0 Å². The van der Waals surface area contributed by atoms with Gasteiger partial charge in [0.1, 0.15) is 0 Å². The lowest BCUT2D eigenvalue weighted by Gasteiger charge is -2.32. The molecule has 35 heavy (non-hydrogen) atoms. The predicted octanol–water partition coefficient (Wildman–Crippen LogP) is 4.12. The van der Waals surface area contributed by atoms with Gasteiger partial charge in [-0.25, -0.2) is 4.98 Å². The maximum Gasteiger partial charge on any atom is 0.251 e. The Morgan fingerprint density at radius 3 is 2.69 bits per heavy atom. The van der Waals surface area contributed by atoms with Crippen LogP contribution in [0.1, 0.15) is 48.0 Å². The molecule has 0 radical (unpaired) electrons. The van der Waals surface area contributed by atoms with Crippen LogP contribution in [-0.2, 0) is 11.3 Å². The fourth-order valence-electron chi connectivity index (χ4n) is 4.89. The Kier molecular flexibility index (Phi) is 7.59. The molecule has 2 aromatic carbocycles. The van der Waals surface area contributed by atoms with Gasteiger partial charge in [0.05, 0.1) is 10.2 Å². The average Bonchev–Trinajstić information content (AvgIpc) is 3.48. The second-order valence-corrected chi connectivity index (χ2v) is 10.5. The SMILES string of the molecule is O=C(NC1CCN(Cc2ccccc2)CC1)c1ccc2nc(NCCCN3CCCC3=O)sc2c1. The number of benzene rings is 2. The molecule has 2 aliphatic rings. The number of nitrogens with one attached hydrogen (secondary N) is 2. The molecule has 8 heteroatoms. The first-order valence-electron chi connectivity index (χ1n) is 12.6. The van der Waals surface area contributed by atoms with Crippen LogP contribution in [0.5, 0.6) is 0 Å². The van der Waals surface area contributed by atoms with Gasteiger partial charge < -0.3 is 15.5 Å². The third-order valence-corrected chi connectivity index (χ3v) is 7.85. The van der Waals surface area contributed by atoms with Crippen LogP contribution in [-0.4, -0.2) is 65.4 Å². The molecule has 0 spiro atoms. The van der Waals surface area contributed by atoms with E-state index in [9.17, 15) is 9.59 Å². The van der Waals surface area contributed by atoms with Gasteiger partial charge >= 0.3 is 0 Å². The number of fused-ring (bicyclic) bond motifs is 1. The Morgan fingerprint density at radius 1 is 1.09 bits per heavy atom. The Bertz CT molecular complexity index is 1160. The predicted molar refractivity (Wildman–Crippen MR) is 141 cm³/mol. The van der Waals surface area contributed by atoms with Crippen molar-refractivity contribution in [1.82, 2.24) is 20.1 Å². The number of likely N-dealkylation sites (tertiary alicyclic amines) is 2. The summed E-state index contributed by atoms with van der Waals surface area (Å²) in [5, 5.41) is 7.46. The summed E-state index contributed by atoms with van der Waals surface area (Å²) >= 11 is 1.57. The minimum atomic E-state index is -0.00778. The van der Waals surface area contributed by atoms with Gasteiger partial charge in [-0.2, -0.15) is 0 Å². The van der Waals surface area contributed by atoms with Crippen LogP contribution in [0.3, 0.4) is 0 Å². The highest BCUT2D eigenvalue weighted by atomic mass is 32.1. The highest BCUT2D eigenvalue weighted by Crippen LogP contribution is 2.27. The van der Waals surface area contributed by atoms with E-state index in [1.165, 1.54) is 5.56 Å². The molecule has 2 fully saturated rings. The molecule has 3 aromatic rings. The molecule has 2 aliphatic heterocycles. The summed E-state index contributed by atoms with van der Waals surface area (Å²) < 4.78 is 1.01. The minimum absolute atomic E-state index is 0.00778. The van der Waals surface area contributed by atoms with Gasteiger partial charge in [-0.3, -0.25) is 14.5 Å². The smallest absolute Gasteiger partial charge is 0.251 e. The molecule has 3 heterocycles. The first-order valence-corrected chi connectivity index (χ1v) is 13.4. The van der Waals surface area contributed by atoms with Gasteiger partial charge in [0.25, 0.3) is 5.91 Å². The highest BCUT2D eigenvalue weighted by Gasteiger charge is 2.22. The molecular formula is C27H33N5O2S. The maximum atomic E-state index is 12.9. The van der Waals surface area contributed by atoms with Gasteiger partial charge in [0.15, 0.2) is 5.13 Å². The Balaban J connectivity index is 1.09. The molecule has 2 amide bonds. The van der Waals surface area contributed by atoms with E-state index in [1.807, 2.05) is 29.2 Å². The lowest BCUT2D eigenvalue weighted by Crippen LogP contribution is -2.44. The Hall–Kier alpha value is -2.97. The summed E-state index contributed by atoms with van der Waals surface area (Å²) in [5.74, 6) is 0.264. The number of thiazole rings is 1. The van der Waals surface area contributed by atoms with Crippen LogP contribution in [0.15, 0.2) is 48.5 Å². The van der Waals surface area contributed by atoms with Crippen molar-refractivity contribution in [2.75, 3.05) is 38.0 Å². The number of hydrogen-bond donors (Lipinski definition) is 2. The van der Waals surface area contributed by atoms with Crippen LogP contribution < -0.4 is 10.6 Å². The number of aromatic nitrogens is 1. The summed E-state index contributed by atoms with van der Waals surface area (Å²) in [6.07, 6.45) is 4.51. The number of anilines is 1. The van der Waals surface area contributed by atoms with Gasteiger partial charge in [0, 0.05) is 57.3 Å². The molecule has 0 bridgehead atoms. The lowest BCUT2D eigenvalue weighted by molar-refractivity contribution is -0.127. The molecule has 0 unspecified atom stereocenters. The second-order valence-electron chi connectivity index (χ2n) is 9.48. The third-order valence-electron chi connectivity index (χ3n) is 6.87. The van der Waals surface area contributed by atoms with Gasteiger partial charge in [0.2, 0.25) is 5.91 Å². The molecule has 2 saturated heterocycles. The average molecular weight is 492 g/mol. The van der Waals surface area contributed by atoms with Crippen molar-refractivity contribution >= 4 is 38.5 Å². The van der Waals surface area contributed by atoms with E-state index in [1.54, 1.807) is 11.3 Å². The zero-order valence-corrected chi connectivity index (χ0v) is 20.9. The Labute approximate surface area is 210 Å². The van der Waals surface area contributed by atoms with E-state index in [4.69, 9.17) is 0 Å².